The molecule has 3 heterocycles. The number of aliphatic hydroxyl groups excluding tert-OH is 1. The van der Waals surface area contributed by atoms with Gasteiger partial charge in [0.2, 0.25) is 0 Å². The van der Waals surface area contributed by atoms with Crippen LogP contribution >= 0.6 is 0 Å². The van der Waals surface area contributed by atoms with E-state index in [0.717, 1.165) is 6.92 Å². The van der Waals surface area contributed by atoms with E-state index in [1.165, 1.54) is 14.0 Å². The standard InChI is InChI=1S/C33H57FN6O9/c1-10-23-33(8)25(40(30(44)49-33)14-12-11-13-38-39-36)21(5)37-17-18(2)16-31(6,45-9)27(20(4)26(42)32(7,34)29(43)47-23)48-28-24(41)22(35)15-19(3)46-28/h18-25,27-28,37,41H,10-17,35H2,1-9H3/t18-,19?,20+,21-,22?,23-,24?,25-,27-,28+,31-,32+,33-/m1/s1. The number of aliphatic hydroxyl groups is 1. The lowest BCUT2D eigenvalue weighted by molar-refractivity contribution is -0.288. The predicted molar refractivity (Wildman–Crippen MR) is 177 cm³/mol. The number of halogens is 1. The van der Waals surface area contributed by atoms with Crippen LogP contribution in [0, 0.1) is 11.8 Å². The van der Waals surface area contributed by atoms with Crippen molar-refractivity contribution in [1.82, 2.24) is 10.2 Å². The van der Waals surface area contributed by atoms with Crippen molar-refractivity contribution in [3.63, 3.8) is 0 Å². The van der Waals surface area contributed by atoms with Crippen molar-refractivity contribution in [1.29, 1.82) is 0 Å². The molecule has 0 bridgehead atoms. The molecule has 15 nitrogen and oxygen atoms in total. The Hall–Kier alpha value is -2.59. The van der Waals surface area contributed by atoms with Crippen LogP contribution in [-0.4, -0.2) is 120 Å². The van der Waals surface area contributed by atoms with Gasteiger partial charge in [-0.05, 0) is 84.7 Å². The molecule has 0 saturated carbocycles. The fourth-order valence-electron chi connectivity index (χ4n) is 7.72. The number of methoxy groups -OCH3 is 1. The van der Waals surface area contributed by atoms with Gasteiger partial charge in [-0.25, -0.2) is 14.0 Å². The zero-order valence-electron chi connectivity index (χ0n) is 30.4. The molecule has 3 saturated heterocycles. The van der Waals surface area contributed by atoms with Crippen molar-refractivity contribution in [3.8, 4) is 0 Å². The number of cyclic esters (lactones) is 1. The number of ketones is 1. The molecule has 49 heavy (non-hydrogen) atoms. The van der Waals surface area contributed by atoms with Gasteiger partial charge in [0.15, 0.2) is 17.7 Å². The molecule has 280 valence electrons. The molecule has 3 fully saturated rings. The van der Waals surface area contributed by atoms with Gasteiger partial charge in [0, 0.05) is 43.1 Å². The molecule has 3 aliphatic heterocycles. The highest BCUT2D eigenvalue weighted by Gasteiger charge is 2.60. The summed E-state index contributed by atoms with van der Waals surface area (Å²) in [6.45, 7) is 14.1. The van der Waals surface area contributed by atoms with Crippen molar-refractivity contribution >= 4 is 17.8 Å². The lowest BCUT2D eigenvalue weighted by Crippen LogP contribution is -2.61. The lowest BCUT2D eigenvalue weighted by atomic mass is 9.78. The molecule has 0 radical (unpaired) electrons. The number of hydrogen-bond donors (Lipinski definition) is 3. The smallest absolute Gasteiger partial charge is 0.410 e. The number of ether oxygens (including phenoxy) is 5. The third-order valence-electron chi connectivity index (χ3n) is 10.5. The van der Waals surface area contributed by atoms with Crippen LogP contribution in [-0.2, 0) is 33.3 Å². The van der Waals surface area contributed by atoms with Crippen LogP contribution in [0.3, 0.4) is 0 Å². The summed E-state index contributed by atoms with van der Waals surface area (Å²) in [7, 11) is 1.46. The molecule has 4 N–H and O–H groups in total. The number of fused-ring (bicyclic) bond motifs is 1. The Labute approximate surface area is 288 Å². The Morgan fingerprint density at radius 3 is 2.47 bits per heavy atom. The molecule has 3 aliphatic rings. The largest absolute Gasteiger partial charge is 0.455 e. The zero-order chi connectivity index (χ0) is 36.9. The average molecular weight is 701 g/mol. The molecule has 3 unspecified atom stereocenters. The summed E-state index contributed by atoms with van der Waals surface area (Å²) in [6.07, 6.45) is -3.83. The van der Waals surface area contributed by atoms with Crippen LogP contribution in [0.1, 0.15) is 87.5 Å². The SMILES string of the molecule is CC[C@H]1OC(=O)[C@@](C)(F)C(=O)[C@H](C)[C@@H](O[C@@H]2OC(C)CC(N)C2O)[C@](C)(OC)C[C@@H](C)CN[C@H](C)[C@H]2N(CCCCN=[N+]=[N-])C(=O)O[C@]12C. The highest BCUT2D eigenvalue weighted by molar-refractivity contribution is 6.07. The molecule has 0 aliphatic carbocycles. The first-order chi connectivity index (χ1) is 22.9. The van der Waals surface area contributed by atoms with Gasteiger partial charge < -0.3 is 39.8 Å². The monoisotopic (exact) mass is 700 g/mol. The van der Waals surface area contributed by atoms with Crippen LogP contribution in [0.25, 0.3) is 10.4 Å². The van der Waals surface area contributed by atoms with Crippen molar-refractivity contribution in [2.24, 2.45) is 22.7 Å². The van der Waals surface area contributed by atoms with E-state index in [2.05, 4.69) is 15.3 Å². The number of amides is 1. The number of unbranched alkanes of at least 4 members (excludes halogenated alkanes) is 1. The maximum atomic E-state index is 16.6. The third kappa shape index (κ3) is 8.84. The van der Waals surface area contributed by atoms with Gasteiger partial charge in [0.25, 0.3) is 5.67 Å². The Morgan fingerprint density at radius 2 is 1.86 bits per heavy atom. The van der Waals surface area contributed by atoms with E-state index in [1.807, 2.05) is 13.8 Å². The second-order valence-electron chi connectivity index (χ2n) is 14.6. The molecule has 0 spiro atoms. The van der Waals surface area contributed by atoms with Gasteiger partial charge >= 0.3 is 12.1 Å². The first-order valence-corrected chi connectivity index (χ1v) is 17.4. The minimum Gasteiger partial charge on any atom is -0.455 e. The number of carbonyl (C=O) groups excluding carboxylic acids is 3. The molecule has 16 heteroatoms. The normalized spacial score (nSPS) is 42.7. The highest BCUT2D eigenvalue weighted by Crippen LogP contribution is 2.40. The van der Waals surface area contributed by atoms with E-state index in [9.17, 15) is 19.5 Å². The molecular weight excluding hydrogens is 643 g/mol. The summed E-state index contributed by atoms with van der Waals surface area (Å²) < 4.78 is 46.6. The van der Waals surface area contributed by atoms with Crippen LogP contribution in [0.5, 0.6) is 0 Å². The van der Waals surface area contributed by atoms with Gasteiger partial charge in [0.1, 0.15) is 12.2 Å². The second-order valence-corrected chi connectivity index (χ2v) is 14.6. The minimum absolute atomic E-state index is 0.123. The van der Waals surface area contributed by atoms with Crippen LogP contribution < -0.4 is 11.1 Å². The number of hydrogen-bond acceptors (Lipinski definition) is 12. The Morgan fingerprint density at radius 1 is 1.18 bits per heavy atom. The molecule has 0 aromatic heterocycles. The van der Waals surface area contributed by atoms with Crippen LogP contribution in [0.2, 0.25) is 0 Å². The first-order valence-electron chi connectivity index (χ1n) is 17.4. The van der Waals surface area contributed by atoms with Crippen molar-refractivity contribution < 1.29 is 47.6 Å². The number of nitrogens with zero attached hydrogens (tertiary/aromatic N) is 4. The van der Waals surface area contributed by atoms with Gasteiger partial charge in [-0.1, -0.05) is 25.9 Å². The number of esters is 1. The number of nitrogens with one attached hydrogen (secondary N) is 1. The fraction of sp³-hybridized carbons (Fsp3) is 0.909. The summed E-state index contributed by atoms with van der Waals surface area (Å²) >= 11 is 0. The number of carbonyl (C=O) groups is 3. The summed E-state index contributed by atoms with van der Waals surface area (Å²) in [5.41, 5.74) is 9.00. The Kier molecular flexibility index (Phi) is 13.9. The van der Waals surface area contributed by atoms with Crippen LogP contribution in [0.15, 0.2) is 5.11 Å². The lowest BCUT2D eigenvalue weighted by Gasteiger charge is -2.45. The van der Waals surface area contributed by atoms with Crippen LogP contribution in [0.4, 0.5) is 9.18 Å². The van der Waals surface area contributed by atoms with E-state index in [0.29, 0.717) is 32.2 Å². The molecule has 0 aromatic rings. The maximum absolute atomic E-state index is 16.6. The van der Waals surface area contributed by atoms with Gasteiger partial charge in [0.05, 0.1) is 23.9 Å². The highest BCUT2D eigenvalue weighted by atomic mass is 19.1. The van der Waals surface area contributed by atoms with E-state index in [4.69, 9.17) is 34.9 Å². The second kappa shape index (κ2) is 16.6. The minimum atomic E-state index is -3.14. The number of rotatable bonds is 9. The number of azide groups is 1. The average Bonchev–Trinajstić information content (AvgIpc) is 3.30. The zero-order valence-corrected chi connectivity index (χ0v) is 30.4. The quantitative estimate of drug-likeness (QED) is 0.0792. The fourth-order valence-corrected chi connectivity index (χ4v) is 7.72. The molecule has 3 rings (SSSR count). The molecular formula is C33H57FN6O9. The maximum Gasteiger partial charge on any atom is 0.410 e. The van der Waals surface area contributed by atoms with E-state index >= 15 is 4.39 Å². The van der Waals surface area contributed by atoms with Gasteiger partial charge in [-0.15, -0.1) is 0 Å². The van der Waals surface area contributed by atoms with Crippen molar-refractivity contribution in [2.45, 2.75) is 153 Å². The first kappa shape index (κ1) is 40.8. The van der Waals surface area contributed by atoms with Gasteiger partial charge in [-0.3, -0.25) is 9.69 Å². The van der Waals surface area contributed by atoms with Gasteiger partial charge in [-0.2, -0.15) is 0 Å². The summed E-state index contributed by atoms with van der Waals surface area (Å²) in [5.74, 6) is -3.94. The van der Waals surface area contributed by atoms with E-state index in [-0.39, 0.29) is 31.5 Å². The number of Topliss-reactive ketones (excluding diaryl/α,β-unsaturated/α-hetero) is 1. The molecule has 1 amide bonds. The van der Waals surface area contributed by atoms with Crippen molar-refractivity contribution in [2.75, 3.05) is 26.7 Å². The molecule has 0 aromatic carbocycles. The third-order valence-corrected chi connectivity index (χ3v) is 10.5. The predicted octanol–water partition coefficient (Wildman–Crippen LogP) is 3.54. The summed E-state index contributed by atoms with van der Waals surface area (Å²) in [5, 5.41) is 18.0. The Balaban J connectivity index is 2.06. The molecule has 13 atom stereocenters. The topological polar surface area (TPSA) is 208 Å². The summed E-state index contributed by atoms with van der Waals surface area (Å²) in [4.78, 5) is 45.4. The number of nitrogens with two attached hydrogens (primary N) is 1. The number of alkyl halides is 1. The van der Waals surface area contributed by atoms with E-state index < -0.39 is 83.4 Å². The Bertz CT molecular complexity index is 1220. The summed E-state index contributed by atoms with van der Waals surface area (Å²) in [6, 6.07) is -1.72. The van der Waals surface area contributed by atoms with E-state index in [1.54, 1.807) is 32.6 Å². The van der Waals surface area contributed by atoms with Crippen molar-refractivity contribution in [3.05, 3.63) is 10.4 Å².